The van der Waals surface area contributed by atoms with Crippen LogP contribution in [0.5, 0.6) is 5.75 Å². The van der Waals surface area contributed by atoms with Gasteiger partial charge in [-0.1, -0.05) is 41.9 Å². The van der Waals surface area contributed by atoms with E-state index in [1.165, 1.54) is 18.9 Å². The van der Waals surface area contributed by atoms with Crippen LogP contribution < -0.4 is 9.64 Å². The number of hydrogen-bond acceptors (Lipinski definition) is 3. The van der Waals surface area contributed by atoms with E-state index in [4.69, 9.17) is 16.3 Å². The zero-order valence-electron chi connectivity index (χ0n) is 15.9. The molecule has 0 spiro atoms. The van der Waals surface area contributed by atoms with Crippen molar-refractivity contribution in [3.05, 3.63) is 59.1 Å². The number of rotatable bonds is 8. The van der Waals surface area contributed by atoms with Gasteiger partial charge in [-0.25, -0.2) is 0 Å². The molecule has 0 heterocycles. The quantitative estimate of drug-likeness (QED) is 0.682. The van der Waals surface area contributed by atoms with Crippen LogP contribution in [0.15, 0.2) is 48.5 Å². The number of halogens is 1. The van der Waals surface area contributed by atoms with Gasteiger partial charge in [0.25, 0.3) is 0 Å². The van der Waals surface area contributed by atoms with E-state index in [9.17, 15) is 9.59 Å². The van der Waals surface area contributed by atoms with E-state index in [0.29, 0.717) is 29.5 Å². The molecule has 0 aliphatic heterocycles. The van der Waals surface area contributed by atoms with E-state index in [1.54, 1.807) is 23.1 Å². The fraction of sp³-hybridized carbons (Fsp3) is 0.333. The fourth-order valence-corrected chi connectivity index (χ4v) is 3.03. The molecule has 6 heteroatoms. The third-order valence-corrected chi connectivity index (χ3v) is 4.55. The van der Waals surface area contributed by atoms with Gasteiger partial charge >= 0.3 is 0 Å². The molecule has 0 N–H and O–H groups in total. The second-order valence-electron chi connectivity index (χ2n) is 6.13. The van der Waals surface area contributed by atoms with Crippen molar-refractivity contribution in [1.29, 1.82) is 0 Å². The lowest BCUT2D eigenvalue weighted by molar-refractivity contribution is -0.131. The summed E-state index contributed by atoms with van der Waals surface area (Å²) >= 11 is 6.08. The lowest BCUT2D eigenvalue weighted by Gasteiger charge is -2.26. The van der Waals surface area contributed by atoms with Crippen molar-refractivity contribution >= 4 is 29.1 Å². The maximum Gasteiger partial charge on any atom is 0.224 e. The van der Waals surface area contributed by atoms with Gasteiger partial charge in [0.1, 0.15) is 5.75 Å². The average Bonchev–Trinajstić information content (AvgIpc) is 2.66. The molecule has 0 unspecified atom stereocenters. The molecule has 0 aromatic heterocycles. The Bertz CT molecular complexity index is 780. The maximum atomic E-state index is 12.7. The van der Waals surface area contributed by atoms with Gasteiger partial charge in [-0.2, -0.15) is 0 Å². The Morgan fingerprint density at radius 1 is 1.11 bits per heavy atom. The van der Waals surface area contributed by atoms with Crippen LogP contribution in [0.3, 0.4) is 0 Å². The minimum absolute atomic E-state index is 0.00593. The number of benzene rings is 2. The highest BCUT2D eigenvalue weighted by Crippen LogP contribution is 2.31. The molecule has 0 aliphatic carbocycles. The number of amides is 2. The Balaban J connectivity index is 2.10. The predicted octanol–water partition coefficient (Wildman–Crippen LogP) is 4.14. The summed E-state index contributed by atoms with van der Waals surface area (Å²) < 4.78 is 5.34. The zero-order chi connectivity index (χ0) is 19.8. The third kappa shape index (κ3) is 5.73. The van der Waals surface area contributed by atoms with Crippen LogP contribution in [0.4, 0.5) is 5.69 Å². The number of hydrogen-bond donors (Lipinski definition) is 0. The van der Waals surface area contributed by atoms with Crippen LogP contribution in [-0.2, 0) is 16.1 Å². The number of nitrogens with zero attached hydrogens (tertiary/aromatic N) is 2. The van der Waals surface area contributed by atoms with Gasteiger partial charge in [0, 0.05) is 38.0 Å². The van der Waals surface area contributed by atoms with Gasteiger partial charge in [-0.15, -0.1) is 0 Å². The van der Waals surface area contributed by atoms with Crippen molar-refractivity contribution in [1.82, 2.24) is 4.90 Å². The summed E-state index contributed by atoms with van der Waals surface area (Å²) in [6.07, 6.45) is 0.218. The number of carbonyl (C=O) groups excluding carboxylic acids is 2. The first-order chi connectivity index (χ1) is 13.0. The molecule has 2 rings (SSSR count). The van der Waals surface area contributed by atoms with Crippen LogP contribution in [0.2, 0.25) is 5.02 Å². The molecule has 0 saturated carbocycles. The van der Waals surface area contributed by atoms with Gasteiger partial charge in [-0.3, -0.25) is 9.59 Å². The zero-order valence-corrected chi connectivity index (χ0v) is 16.7. The molecule has 27 heavy (non-hydrogen) atoms. The molecule has 0 bridgehead atoms. The third-order valence-electron chi connectivity index (χ3n) is 4.31. The fourth-order valence-electron chi connectivity index (χ4n) is 2.87. The van der Waals surface area contributed by atoms with Crippen molar-refractivity contribution in [3.63, 3.8) is 0 Å². The van der Waals surface area contributed by atoms with Crippen molar-refractivity contribution in [3.8, 4) is 5.75 Å². The molecule has 0 saturated heterocycles. The molecule has 5 nitrogen and oxygen atoms in total. The van der Waals surface area contributed by atoms with Crippen molar-refractivity contribution in [2.75, 3.05) is 25.1 Å². The van der Waals surface area contributed by atoms with E-state index in [2.05, 4.69) is 0 Å². The van der Waals surface area contributed by atoms with Gasteiger partial charge < -0.3 is 14.5 Å². The molecule has 144 valence electrons. The molecule has 0 aliphatic rings. The lowest BCUT2D eigenvalue weighted by atomic mass is 10.2. The van der Waals surface area contributed by atoms with Crippen LogP contribution >= 0.6 is 11.6 Å². The molecule has 2 aromatic rings. The average molecular weight is 389 g/mol. The number of anilines is 1. The maximum absolute atomic E-state index is 12.7. The smallest absolute Gasteiger partial charge is 0.224 e. The molecule has 2 aromatic carbocycles. The second-order valence-corrected chi connectivity index (χ2v) is 6.57. The Morgan fingerprint density at radius 2 is 1.81 bits per heavy atom. The Labute approximate surface area is 165 Å². The summed E-state index contributed by atoms with van der Waals surface area (Å²) in [5.74, 6) is 0.363. The van der Waals surface area contributed by atoms with Crippen LogP contribution in [0, 0.1) is 0 Å². The summed E-state index contributed by atoms with van der Waals surface area (Å²) in [4.78, 5) is 28.2. The minimum atomic E-state index is -0.172. The topological polar surface area (TPSA) is 49.9 Å². The van der Waals surface area contributed by atoms with Crippen molar-refractivity contribution in [2.45, 2.75) is 26.8 Å². The molecule has 2 amide bonds. The van der Waals surface area contributed by atoms with E-state index >= 15 is 0 Å². The normalized spacial score (nSPS) is 10.4. The molecule has 0 fully saturated rings. The lowest BCUT2D eigenvalue weighted by Crippen LogP contribution is -2.36. The largest absolute Gasteiger partial charge is 0.495 e. The predicted molar refractivity (Wildman–Crippen MR) is 108 cm³/mol. The standard InChI is InChI=1S/C21H25ClN2O3/c1-4-23(15-17-8-6-5-7-9-17)21(26)12-13-24(16(2)25)19-14-18(22)10-11-20(19)27-3/h5-11,14H,4,12-13,15H2,1-3H3. The van der Waals surface area contributed by atoms with Gasteiger partial charge in [0.2, 0.25) is 11.8 Å². The first-order valence-electron chi connectivity index (χ1n) is 8.89. The minimum Gasteiger partial charge on any atom is -0.495 e. The highest BCUT2D eigenvalue weighted by molar-refractivity contribution is 6.31. The van der Waals surface area contributed by atoms with E-state index in [1.807, 2.05) is 37.3 Å². The number of methoxy groups -OCH3 is 1. The van der Waals surface area contributed by atoms with Crippen LogP contribution in [0.25, 0.3) is 0 Å². The molecular weight excluding hydrogens is 364 g/mol. The highest BCUT2D eigenvalue weighted by atomic mass is 35.5. The number of ether oxygens (including phenoxy) is 1. The first-order valence-corrected chi connectivity index (χ1v) is 9.27. The van der Waals surface area contributed by atoms with E-state index < -0.39 is 0 Å². The van der Waals surface area contributed by atoms with Gasteiger partial charge in [0.05, 0.1) is 12.8 Å². The van der Waals surface area contributed by atoms with Crippen molar-refractivity contribution < 1.29 is 14.3 Å². The first kappa shape index (κ1) is 20.8. The van der Waals surface area contributed by atoms with E-state index in [0.717, 1.165) is 5.56 Å². The summed E-state index contributed by atoms with van der Waals surface area (Å²) in [5.41, 5.74) is 1.64. The molecule has 0 radical (unpaired) electrons. The highest BCUT2D eigenvalue weighted by Gasteiger charge is 2.20. The summed E-state index contributed by atoms with van der Waals surface area (Å²) in [6.45, 7) is 4.83. The number of carbonyl (C=O) groups is 2. The van der Waals surface area contributed by atoms with Crippen LogP contribution in [0.1, 0.15) is 25.8 Å². The molecular formula is C21H25ClN2O3. The summed E-state index contributed by atoms with van der Waals surface area (Å²) in [7, 11) is 1.54. The van der Waals surface area contributed by atoms with Gasteiger partial charge in [-0.05, 0) is 30.7 Å². The monoisotopic (exact) mass is 388 g/mol. The molecule has 0 atom stereocenters. The Hall–Kier alpha value is -2.53. The second kappa shape index (κ2) is 9.97. The Morgan fingerprint density at radius 3 is 2.41 bits per heavy atom. The summed E-state index contributed by atoms with van der Waals surface area (Å²) in [6, 6.07) is 14.9. The summed E-state index contributed by atoms with van der Waals surface area (Å²) in [5, 5.41) is 0.502. The van der Waals surface area contributed by atoms with Gasteiger partial charge in [0.15, 0.2) is 0 Å². The SMILES string of the molecule is CCN(Cc1ccccc1)C(=O)CCN(C(C)=O)c1cc(Cl)ccc1OC. The van der Waals surface area contributed by atoms with Crippen LogP contribution in [-0.4, -0.2) is 36.9 Å². The van der Waals surface area contributed by atoms with Crippen molar-refractivity contribution in [2.24, 2.45) is 0 Å². The van der Waals surface area contributed by atoms with E-state index in [-0.39, 0.29) is 24.8 Å². The Kier molecular flexibility index (Phi) is 7.67.